The molecule has 20 nitrogen and oxygen atoms in total. The van der Waals surface area contributed by atoms with Crippen molar-refractivity contribution >= 4 is 47.3 Å². The number of carbonyl (C=O) groups excluding carboxylic acids is 7. The maximum absolute atomic E-state index is 14.6. The van der Waals surface area contributed by atoms with Crippen molar-refractivity contribution in [3.8, 4) is 0 Å². The molecule has 404 valence electrons. The summed E-state index contributed by atoms with van der Waals surface area (Å²) in [6, 6.07) is 4.89. The molecule has 72 heavy (non-hydrogen) atoms. The molecule has 0 aliphatic carbocycles. The van der Waals surface area contributed by atoms with Crippen molar-refractivity contribution in [1.82, 2.24) is 30.2 Å². The number of likely N-dealkylation sites (N-methyl/N-ethyl adjacent to an activating group) is 2. The molecular weight excluding hydrogens is 933 g/mol. The second-order valence-corrected chi connectivity index (χ2v) is 19.4. The highest BCUT2D eigenvalue weighted by atomic mass is 16.5. The fourth-order valence-electron chi connectivity index (χ4n) is 9.40. The number of carboxylic acid groups (broad SMARTS) is 1. The maximum Gasteiger partial charge on any atom is 0.326 e. The Kier molecular flexibility index (Phi) is 26.0. The number of carboxylic acids is 1. The van der Waals surface area contributed by atoms with Gasteiger partial charge in [-0.3, -0.25) is 38.5 Å². The minimum atomic E-state index is -1.17. The number of methoxy groups -OCH3 is 2. The lowest BCUT2D eigenvalue weighted by molar-refractivity contribution is -0.149. The molecule has 2 aliphatic rings. The Morgan fingerprint density at radius 2 is 1.38 bits per heavy atom. The lowest BCUT2D eigenvalue weighted by atomic mass is 9.89. The molecule has 3 rings (SSSR count). The van der Waals surface area contributed by atoms with Crippen molar-refractivity contribution in [2.45, 2.75) is 129 Å². The summed E-state index contributed by atoms with van der Waals surface area (Å²) in [5, 5.41) is 15.6. The first kappa shape index (κ1) is 61.0. The average Bonchev–Trinajstić information content (AvgIpc) is 3.96. The Morgan fingerprint density at radius 1 is 0.778 bits per heavy atom. The van der Waals surface area contributed by atoms with E-state index in [9.17, 15) is 43.5 Å². The zero-order valence-corrected chi connectivity index (χ0v) is 44.3. The minimum Gasteiger partial charge on any atom is -0.480 e. The fourth-order valence-corrected chi connectivity index (χ4v) is 9.40. The molecule has 0 spiro atoms. The van der Waals surface area contributed by atoms with Gasteiger partial charge in [0.2, 0.25) is 29.5 Å². The highest BCUT2D eigenvalue weighted by molar-refractivity contribution is 6.12. The first-order valence-corrected chi connectivity index (χ1v) is 25.2. The van der Waals surface area contributed by atoms with E-state index in [1.807, 2.05) is 47.6 Å². The quantitative estimate of drug-likeness (QED) is 0.0678. The van der Waals surface area contributed by atoms with Crippen molar-refractivity contribution in [3.05, 3.63) is 48.0 Å². The molecule has 0 radical (unpaired) electrons. The molecule has 0 aromatic heterocycles. The topological polar surface area (TPSA) is 240 Å². The van der Waals surface area contributed by atoms with E-state index in [2.05, 4.69) is 10.6 Å². The van der Waals surface area contributed by atoms with Crippen molar-refractivity contribution < 1.29 is 67.1 Å². The number of likely N-dealkylation sites (tertiary alicyclic amines) is 1. The van der Waals surface area contributed by atoms with E-state index >= 15 is 0 Å². The third kappa shape index (κ3) is 17.7. The van der Waals surface area contributed by atoms with Crippen LogP contribution in [0, 0.1) is 23.7 Å². The van der Waals surface area contributed by atoms with E-state index in [0.29, 0.717) is 25.8 Å². The van der Waals surface area contributed by atoms with Gasteiger partial charge in [-0.1, -0.05) is 85.2 Å². The van der Waals surface area contributed by atoms with Gasteiger partial charge < -0.3 is 54.1 Å². The Balaban J connectivity index is 1.60. The van der Waals surface area contributed by atoms with Crippen LogP contribution in [0.25, 0.3) is 0 Å². The number of benzene rings is 1. The molecule has 1 aromatic carbocycles. The molecule has 20 heteroatoms. The van der Waals surface area contributed by atoms with Crippen molar-refractivity contribution in [2.75, 3.05) is 81.0 Å². The smallest absolute Gasteiger partial charge is 0.326 e. The number of rotatable bonds is 33. The molecule has 0 saturated carbocycles. The molecule has 8 unspecified atom stereocenters. The van der Waals surface area contributed by atoms with Crippen LogP contribution < -0.4 is 10.6 Å². The predicted octanol–water partition coefficient (Wildman–Crippen LogP) is 2.71. The summed E-state index contributed by atoms with van der Waals surface area (Å²) < 4.78 is 28.5. The van der Waals surface area contributed by atoms with E-state index in [0.717, 1.165) is 10.5 Å². The van der Waals surface area contributed by atoms with E-state index in [-0.39, 0.29) is 113 Å². The van der Waals surface area contributed by atoms with Gasteiger partial charge >= 0.3 is 5.97 Å². The van der Waals surface area contributed by atoms with Crippen LogP contribution in [0.5, 0.6) is 0 Å². The van der Waals surface area contributed by atoms with Crippen LogP contribution in [0.4, 0.5) is 0 Å². The van der Waals surface area contributed by atoms with Crippen LogP contribution in [0.2, 0.25) is 0 Å². The van der Waals surface area contributed by atoms with Gasteiger partial charge in [0.15, 0.2) is 0 Å². The van der Waals surface area contributed by atoms with Crippen LogP contribution in [-0.2, 0) is 68.5 Å². The van der Waals surface area contributed by atoms with Crippen LogP contribution in [0.1, 0.15) is 86.1 Å². The van der Waals surface area contributed by atoms with E-state index in [4.69, 9.17) is 23.7 Å². The monoisotopic (exact) mass is 1010 g/mol. The molecule has 3 N–H and O–H groups in total. The minimum absolute atomic E-state index is 0.00294. The van der Waals surface area contributed by atoms with Gasteiger partial charge in [-0.25, -0.2) is 4.79 Å². The highest BCUT2D eigenvalue weighted by Gasteiger charge is 2.44. The van der Waals surface area contributed by atoms with Crippen LogP contribution in [0.3, 0.4) is 0 Å². The standard InChI is InChI=1S/C52H82N6O14/c1-12-35(6)47(40(68-10)32-44(62)57-23-16-19-39(57)48(69-11)36(7)49(63)53-38(52(66)67)31-37-17-14-13-15-18-37)56(9)51(65)45(33(2)3)54-50(64)46(34(4)5)55(8)41(59)22-25-70-27-29-72-30-28-71-26-24-58-42(60)20-21-43(58)61/h13-15,17-18,20-21,33-36,38-40,45-48H,12,16,19,22-32H2,1-11H3,(H,53,63)(H,54,64)(H,66,67)/t35?,36?,38?,39-,40?,45?,46?,47?,48?/m0/s1. The summed E-state index contributed by atoms with van der Waals surface area (Å²) in [7, 11) is 6.17. The molecule has 9 atom stereocenters. The molecule has 1 aromatic rings. The number of nitrogens with zero attached hydrogens (tertiary/aromatic N) is 4. The van der Waals surface area contributed by atoms with Gasteiger partial charge in [-0.05, 0) is 36.2 Å². The third-order valence-corrected chi connectivity index (χ3v) is 13.7. The lowest BCUT2D eigenvalue weighted by Gasteiger charge is -2.41. The second kappa shape index (κ2) is 30.7. The molecular formula is C52H82N6O14. The Bertz CT molecular complexity index is 1950. The summed E-state index contributed by atoms with van der Waals surface area (Å²) in [6.45, 7) is 14.8. The zero-order valence-electron chi connectivity index (χ0n) is 44.3. The van der Waals surface area contributed by atoms with Crippen molar-refractivity contribution in [1.29, 1.82) is 0 Å². The Hall–Kier alpha value is -5.28. The summed E-state index contributed by atoms with van der Waals surface area (Å²) in [6.07, 6.45) is 2.82. The number of amides is 7. The Morgan fingerprint density at radius 3 is 1.92 bits per heavy atom. The number of ether oxygens (including phenoxy) is 5. The number of hydrogen-bond acceptors (Lipinski definition) is 13. The zero-order chi connectivity index (χ0) is 53.7. The first-order chi connectivity index (χ1) is 34.2. The largest absolute Gasteiger partial charge is 0.480 e. The molecule has 1 saturated heterocycles. The Labute approximate surface area is 425 Å². The molecule has 2 heterocycles. The number of hydrogen-bond donors (Lipinski definition) is 3. The van der Waals surface area contributed by atoms with Crippen molar-refractivity contribution in [2.24, 2.45) is 23.7 Å². The summed E-state index contributed by atoms with van der Waals surface area (Å²) >= 11 is 0. The number of carbonyl (C=O) groups is 8. The third-order valence-electron chi connectivity index (χ3n) is 13.7. The van der Waals surface area contributed by atoms with E-state index in [1.54, 1.807) is 55.1 Å². The first-order valence-electron chi connectivity index (χ1n) is 25.2. The van der Waals surface area contributed by atoms with E-state index in [1.165, 1.54) is 31.3 Å². The average molecular weight is 1020 g/mol. The van der Waals surface area contributed by atoms with Crippen LogP contribution in [-0.4, -0.2) is 195 Å². The lowest BCUT2D eigenvalue weighted by Crippen LogP contribution is -2.60. The fraction of sp³-hybridized carbons (Fsp3) is 0.692. The van der Waals surface area contributed by atoms with Gasteiger partial charge in [0.05, 0.1) is 89.2 Å². The van der Waals surface area contributed by atoms with Gasteiger partial charge in [-0.2, -0.15) is 0 Å². The van der Waals surface area contributed by atoms with Crippen molar-refractivity contribution in [3.63, 3.8) is 0 Å². The highest BCUT2D eigenvalue weighted by Crippen LogP contribution is 2.30. The van der Waals surface area contributed by atoms with Gasteiger partial charge in [0.25, 0.3) is 11.8 Å². The van der Waals surface area contributed by atoms with Crippen LogP contribution >= 0.6 is 0 Å². The van der Waals surface area contributed by atoms with Gasteiger partial charge in [0, 0.05) is 53.4 Å². The normalized spacial score (nSPS) is 18.1. The molecule has 1 fully saturated rings. The van der Waals surface area contributed by atoms with E-state index < -0.39 is 66.1 Å². The van der Waals surface area contributed by atoms with Gasteiger partial charge in [-0.15, -0.1) is 0 Å². The predicted molar refractivity (Wildman–Crippen MR) is 267 cm³/mol. The molecule has 2 aliphatic heterocycles. The second-order valence-electron chi connectivity index (χ2n) is 19.4. The molecule has 0 bridgehead atoms. The number of nitrogens with one attached hydrogen (secondary N) is 2. The number of aliphatic carboxylic acids is 1. The van der Waals surface area contributed by atoms with Crippen LogP contribution in [0.15, 0.2) is 42.5 Å². The SMILES string of the molecule is CCC(C)C(C(CC(=O)N1CCC[C@H]1C(OC)C(C)C(=O)NC(Cc1ccccc1)C(=O)O)OC)N(C)C(=O)C(NC(=O)C(C(C)C)N(C)C(=O)CCOCCOCCOCCN1C(=O)C=CC1=O)C(C)C. The number of imide groups is 1. The summed E-state index contributed by atoms with van der Waals surface area (Å²) in [5.41, 5.74) is 0.760. The van der Waals surface area contributed by atoms with Gasteiger partial charge in [0.1, 0.15) is 18.1 Å². The summed E-state index contributed by atoms with van der Waals surface area (Å²) in [4.78, 5) is 111. The molecule has 7 amide bonds. The maximum atomic E-state index is 14.6. The summed E-state index contributed by atoms with van der Waals surface area (Å²) in [5.74, 6) is -5.45.